The number of hydrogen-bond acceptors (Lipinski definition) is 5. The molecule has 3 amide bonds. The predicted octanol–water partition coefficient (Wildman–Crippen LogP) is 2.58. The molecule has 1 aliphatic rings. The van der Waals surface area contributed by atoms with Crippen molar-refractivity contribution in [2.24, 2.45) is 0 Å². The molecule has 150 valence electrons. The van der Waals surface area contributed by atoms with Crippen molar-refractivity contribution >= 4 is 35.3 Å². The molecule has 3 rings (SSSR count). The molecule has 1 aliphatic heterocycles. The van der Waals surface area contributed by atoms with Crippen molar-refractivity contribution in [2.75, 3.05) is 13.2 Å². The third-order valence-corrected chi connectivity index (χ3v) is 4.62. The van der Waals surface area contributed by atoms with E-state index in [2.05, 4.69) is 5.32 Å². The Kier molecular flexibility index (Phi) is 6.61. The maximum Gasteiger partial charge on any atom is 0.306 e. The van der Waals surface area contributed by atoms with Crippen LogP contribution in [-0.4, -0.2) is 41.7 Å². The summed E-state index contributed by atoms with van der Waals surface area (Å²) in [5.41, 5.74) is 1.58. The van der Waals surface area contributed by atoms with Crippen LogP contribution < -0.4 is 5.32 Å². The van der Waals surface area contributed by atoms with E-state index in [1.807, 2.05) is 6.07 Å². The maximum absolute atomic E-state index is 12.2. The van der Waals surface area contributed by atoms with E-state index in [4.69, 9.17) is 16.3 Å². The molecule has 0 fully saturated rings. The summed E-state index contributed by atoms with van der Waals surface area (Å²) in [6.07, 6.45) is 0.253. The third kappa shape index (κ3) is 5.20. The molecule has 0 spiro atoms. The molecule has 7 nitrogen and oxygen atoms in total. The van der Waals surface area contributed by atoms with Gasteiger partial charge in [0.1, 0.15) is 0 Å². The van der Waals surface area contributed by atoms with Gasteiger partial charge in [-0.3, -0.25) is 24.1 Å². The van der Waals surface area contributed by atoms with Crippen LogP contribution in [0.4, 0.5) is 0 Å². The minimum absolute atomic E-state index is 0.00498. The highest BCUT2D eigenvalue weighted by Crippen LogP contribution is 2.22. The van der Waals surface area contributed by atoms with Crippen LogP contribution in [0.3, 0.4) is 0 Å². The summed E-state index contributed by atoms with van der Waals surface area (Å²) in [5, 5.41) is 3.20. The predicted molar refractivity (Wildman–Crippen MR) is 105 cm³/mol. The van der Waals surface area contributed by atoms with Crippen molar-refractivity contribution in [1.29, 1.82) is 0 Å². The number of fused-ring (bicyclic) bond motifs is 1. The number of carbonyl (C=O) groups excluding carboxylic acids is 4. The largest absolute Gasteiger partial charge is 0.456 e. The molecule has 0 radical (unpaired) electrons. The molecule has 0 bridgehead atoms. The fourth-order valence-corrected chi connectivity index (χ4v) is 3.15. The van der Waals surface area contributed by atoms with Crippen molar-refractivity contribution in [3.8, 4) is 0 Å². The topological polar surface area (TPSA) is 92.8 Å². The second-order valence-electron chi connectivity index (χ2n) is 6.48. The van der Waals surface area contributed by atoms with E-state index >= 15 is 0 Å². The first-order valence-electron chi connectivity index (χ1n) is 9.07. The van der Waals surface area contributed by atoms with Crippen LogP contribution in [0.5, 0.6) is 0 Å². The first-order valence-corrected chi connectivity index (χ1v) is 9.45. The van der Waals surface area contributed by atoms with Gasteiger partial charge in [0.2, 0.25) is 0 Å². The van der Waals surface area contributed by atoms with Gasteiger partial charge in [-0.1, -0.05) is 35.9 Å². The highest BCUT2D eigenvalue weighted by atomic mass is 35.5. The van der Waals surface area contributed by atoms with Gasteiger partial charge in [-0.05, 0) is 36.2 Å². The van der Waals surface area contributed by atoms with Crippen LogP contribution in [0.25, 0.3) is 0 Å². The van der Waals surface area contributed by atoms with Crippen LogP contribution in [0.2, 0.25) is 5.02 Å². The van der Waals surface area contributed by atoms with E-state index in [1.54, 1.807) is 42.5 Å². The number of benzene rings is 2. The van der Waals surface area contributed by atoms with Crippen LogP contribution in [-0.2, 0) is 20.9 Å². The van der Waals surface area contributed by atoms with Gasteiger partial charge in [-0.15, -0.1) is 0 Å². The Bertz CT molecular complexity index is 925. The summed E-state index contributed by atoms with van der Waals surface area (Å²) in [4.78, 5) is 49.2. The lowest BCUT2D eigenvalue weighted by molar-refractivity contribution is -0.148. The molecule has 0 aliphatic carbocycles. The Hall–Kier alpha value is -3.19. The quantitative estimate of drug-likeness (QED) is 0.529. The van der Waals surface area contributed by atoms with Gasteiger partial charge < -0.3 is 10.1 Å². The molecule has 2 aromatic carbocycles. The minimum atomic E-state index is -0.570. The molecule has 0 aromatic heterocycles. The van der Waals surface area contributed by atoms with Crippen LogP contribution in [0, 0.1) is 0 Å². The molecule has 8 heteroatoms. The third-order valence-electron chi connectivity index (χ3n) is 4.38. The van der Waals surface area contributed by atoms with Gasteiger partial charge in [-0.25, -0.2) is 0 Å². The number of halogens is 1. The smallest absolute Gasteiger partial charge is 0.306 e. The fourth-order valence-electron chi connectivity index (χ4n) is 2.94. The van der Waals surface area contributed by atoms with Crippen LogP contribution in [0.15, 0.2) is 48.5 Å². The maximum atomic E-state index is 12.2. The van der Waals surface area contributed by atoms with Crippen LogP contribution in [0.1, 0.15) is 39.1 Å². The monoisotopic (exact) mass is 414 g/mol. The highest BCUT2D eigenvalue weighted by molar-refractivity contribution is 6.30. The molecule has 0 unspecified atom stereocenters. The summed E-state index contributed by atoms with van der Waals surface area (Å²) in [6, 6.07) is 13.7. The van der Waals surface area contributed by atoms with Crippen molar-refractivity contribution in [3.63, 3.8) is 0 Å². The van der Waals surface area contributed by atoms with Gasteiger partial charge >= 0.3 is 5.97 Å². The zero-order valence-corrected chi connectivity index (χ0v) is 16.3. The first-order chi connectivity index (χ1) is 14.0. The summed E-state index contributed by atoms with van der Waals surface area (Å²) in [7, 11) is 0. The fraction of sp³-hybridized carbons (Fsp3) is 0.238. The van der Waals surface area contributed by atoms with Gasteiger partial charge in [-0.2, -0.15) is 0 Å². The van der Waals surface area contributed by atoms with Gasteiger partial charge in [0, 0.05) is 24.5 Å². The Morgan fingerprint density at radius 2 is 1.69 bits per heavy atom. The van der Waals surface area contributed by atoms with E-state index in [-0.39, 0.29) is 37.7 Å². The number of amides is 3. The Balaban J connectivity index is 1.36. The van der Waals surface area contributed by atoms with E-state index in [1.165, 1.54) is 0 Å². The Morgan fingerprint density at radius 3 is 2.34 bits per heavy atom. The van der Waals surface area contributed by atoms with Gasteiger partial charge in [0.05, 0.1) is 11.1 Å². The Morgan fingerprint density at radius 1 is 1.00 bits per heavy atom. The molecule has 1 N–H and O–H groups in total. The average molecular weight is 415 g/mol. The Labute approximate surface area is 172 Å². The van der Waals surface area contributed by atoms with Gasteiger partial charge in [0.25, 0.3) is 17.7 Å². The minimum Gasteiger partial charge on any atom is -0.456 e. The van der Waals surface area contributed by atoms with Crippen molar-refractivity contribution < 1.29 is 23.9 Å². The number of imide groups is 1. The second-order valence-corrected chi connectivity index (χ2v) is 6.91. The van der Waals surface area contributed by atoms with Crippen molar-refractivity contribution in [3.05, 3.63) is 70.2 Å². The first kappa shape index (κ1) is 20.5. The molecule has 0 atom stereocenters. The zero-order chi connectivity index (χ0) is 20.8. The van der Waals surface area contributed by atoms with Crippen molar-refractivity contribution in [2.45, 2.75) is 19.4 Å². The number of nitrogens with one attached hydrogen (secondary N) is 1. The number of carbonyl (C=O) groups is 4. The van der Waals surface area contributed by atoms with Crippen LogP contribution >= 0.6 is 11.6 Å². The number of rotatable bonds is 8. The molecular weight excluding hydrogens is 396 g/mol. The highest BCUT2D eigenvalue weighted by Gasteiger charge is 2.34. The summed E-state index contributed by atoms with van der Waals surface area (Å²) < 4.78 is 4.93. The second kappa shape index (κ2) is 9.34. The SMILES string of the molecule is O=C(COC(=O)CCCN1C(=O)c2ccccc2C1=O)NCc1cccc(Cl)c1. The normalized spacial score (nSPS) is 12.7. The molecule has 2 aromatic rings. The molecular formula is C21H19ClN2O5. The molecule has 1 heterocycles. The lowest BCUT2D eigenvalue weighted by Gasteiger charge is -2.13. The van der Waals surface area contributed by atoms with E-state index in [0.717, 1.165) is 10.5 Å². The van der Waals surface area contributed by atoms with E-state index in [0.29, 0.717) is 16.1 Å². The van der Waals surface area contributed by atoms with E-state index in [9.17, 15) is 19.2 Å². The number of nitrogens with zero attached hydrogens (tertiary/aromatic N) is 1. The number of ether oxygens (including phenoxy) is 1. The van der Waals surface area contributed by atoms with E-state index < -0.39 is 18.5 Å². The van der Waals surface area contributed by atoms with Crippen molar-refractivity contribution in [1.82, 2.24) is 10.2 Å². The lowest BCUT2D eigenvalue weighted by Crippen LogP contribution is -2.31. The lowest BCUT2D eigenvalue weighted by atomic mass is 10.1. The zero-order valence-electron chi connectivity index (χ0n) is 15.5. The molecule has 0 saturated carbocycles. The summed E-state index contributed by atoms with van der Waals surface area (Å²) in [6.45, 7) is -0.00842. The number of esters is 1. The van der Waals surface area contributed by atoms with Gasteiger partial charge in [0.15, 0.2) is 6.61 Å². The standard InChI is InChI=1S/C21H19ClN2O5/c22-15-6-3-5-14(11-15)12-23-18(25)13-29-19(26)9-4-10-24-20(27)16-7-1-2-8-17(16)21(24)28/h1-3,5-8,11H,4,9-10,12-13H2,(H,23,25). The number of hydrogen-bond donors (Lipinski definition) is 1. The summed E-state index contributed by atoms with van der Waals surface area (Å²) >= 11 is 5.88. The molecule has 29 heavy (non-hydrogen) atoms. The average Bonchev–Trinajstić information content (AvgIpc) is 2.96. The summed E-state index contributed by atoms with van der Waals surface area (Å²) in [5.74, 6) is -1.73. The molecule has 0 saturated heterocycles.